The van der Waals surface area contributed by atoms with Gasteiger partial charge in [-0.3, -0.25) is 9.59 Å². The Bertz CT molecular complexity index is 1130. The van der Waals surface area contributed by atoms with Crippen LogP contribution in [-0.2, 0) is 14.3 Å². The first kappa shape index (κ1) is 68.1. The molecule has 70 heavy (non-hydrogen) atoms. The Morgan fingerprint density at radius 2 is 0.671 bits per heavy atom. The maximum Gasteiger partial charge on any atom is 0.305 e. The van der Waals surface area contributed by atoms with Gasteiger partial charge in [0.2, 0.25) is 5.91 Å². The molecule has 0 radical (unpaired) electrons. The summed E-state index contributed by atoms with van der Waals surface area (Å²) in [7, 11) is 0. The fourth-order valence-electron chi connectivity index (χ4n) is 9.57. The summed E-state index contributed by atoms with van der Waals surface area (Å²) in [6.07, 6.45) is 74.6. The van der Waals surface area contributed by atoms with Gasteiger partial charge in [-0.1, -0.05) is 275 Å². The summed E-state index contributed by atoms with van der Waals surface area (Å²) in [5.41, 5.74) is 0. The number of nitrogens with one attached hydrogen (secondary N) is 1. The second-order valence-corrected chi connectivity index (χ2v) is 21.4. The molecular formula is C64H121NO5. The van der Waals surface area contributed by atoms with E-state index in [4.69, 9.17) is 4.74 Å². The Morgan fingerprint density at radius 1 is 0.386 bits per heavy atom. The van der Waals surface area contributed by atoms with Crippen LogP contribution in [0, 0.1) is 0 Å². The zero-order valence-electron chi connectivity index (χ0n) is 47.0. The molecule has 0 aromatic rings. The van der Waals surface area contributed by atoms with Gasteiger partial charge in [0.25, 0.3) is 0 Å². The fourth-order valence-corrected chi connectivity index (χ4v) is 9.57. The van der Waals surface area contributed by atoms with Crippen molar-refractivity contribution in [2.24, 2.45) is 0 Å². The highest BCUT2D eigenvalue weighted by Crippen LogP contribution is 2.17. The number of aliphatic hydroxyl groups excluding tert-OH is 2. The molecule has 0 saturated heterocycles. The molecule has 0 aliphatic heterocycles. The number of hydrogen-bond donors (Lipinski definition) is 3. The van der Waals surface area contributed by atoms with E-state index in [9.17, 15) is 19.8 Å². The van der Waals surface area contributed by atoms with Crippen LogP contribution in [0.15, 0.2) is 36.5 Å². The summed E-state index contributed by atoms with van der Waals surface area (Å²) >= 11 is 0. The van der Waals surface area contributed by atoms with Crippen molar-refractivity contribution in [2.45, 2.75) is 347 Å². The minimum Gasteiger partial charge on any atom is -0.466 e. The lowest BCUT2D eigenvalue weighted by atomic mass is 10.0. The smallest absolute Gasteiger partial charge is 0.305 e. The monoisotopic (exact) mass is 984 g/mol. The molecule has 0 bridgehead atoms. The molecule has 0 aliphatic rings. The fraction of sp³-hybridized carbons (Fsp3) is 0.875. The maximum absolute atomic E-state index is 12.5. The van der Waals surface area contributed by atoms with Gasteiger partial charge in [-0.15, -0.1) is 0 Å². The maximum atomic E-state index is 12.5. The van der Waals surface area contributed by atoms with Crippen LogP contribution in [0.25, 0.3) is 0 Å². The highest BCUT2D eigenvalue weighted by atomic mass is 16.5. The zero-order valence-corrected chi connectivity index (χ0v) is 47.0. The van der Waals surface area contributed by atoms with Gasteiger partial charge in [0.15, 0.2) is 0 Å². The van der Waals surface area contributed by atoms with Crippen LogP contribution in [0.1, 0.15) is 335 Å². The van der Waals surface area contributed by atoms with Crippen LogP contribution in [0.2, 0.25) is 0 Å². The van der Waals surface area contributed by atoms with Crippen LogP contribution in [0.3, 0.4) is 0 Å². The standard InChI is InChI=1S/C64H121NO5/c1-3-5-7-9-11-13-15-17-19-21-25-28-32-36-40-44-48-52-56-62(67)61(60-66)65-63(68)57-53-49-45-41-37-33-29-26-23-22-24-27-31-35-39-43-47-51-55-59-70-64(69)58-54-50-46-42-38-34-30-20-18-16-14-12-10-8-6-4-2/h20,22-23,30,52,56,61-62,66-67H,3-19,21,24-29,31-51,53-55,57-60H2,1-2H3,(H,65,68)/b23-22-,30-20-,56-52+. The molecule has 2 unspecified atom stereocenters. The number of hydrogen-bond acceptors (Lipinski definition) is 5. The van der Waals surface area contributed by atoms with E-state index >= 15 is 0 Å². The third kappa shape index (κ3) is 55.4. The zero-order chi connectivity index (χ0) is 50.7. The lowest BCUT2D eigenvalue weighted by Gasteiger charge is -2.20. The van der Waals surface area contributed by atoms with Crippen molar-refractivity contribution in [3.8, 4) is 0 Å². The van der Waals surface area contributed by atoms with Crippen LogP contribution >= 0.6 is 0 Å². The van der Waals surface area contributed by atoms with E-state index in [1.54, 1.807) is 6.08 Å². The number of allylic oxidation sites excluding steroid dienone is 5. The van der Waals surface area contributed by atoms with Crippen LogP contribution in [-0.4, -0.2) is 47.4 Å². The van der Waals surface area contributed by atoms with Crippen molar-refractivity contribution in [2.75, 3.05) is 13.2 Å². The van der Waals surface area contributed by atoms with E-state index in [-0.39, 0.29) is 18.5 Å². The van der Waals surface area contributed by atoms with Gasteiger partial charge in [0.05, 0.1) is 25.4 Å². The first-order valence-electron chi connectivity index (χ1n) is 31.3. The average molecular weight is 985 g/mol. The van der Waals surface area contributed by atoms with E-state index in [0.29, 0.717) is 19.4 Å². The SMILES string of the molecule is CCCCCCCCC/C=C\CCCCCCCC(=O)OCCCCCCCCCC/C=C\CCCCCCCCCC(=O)NC(CO)C(O)/C=C/CCCCCCCCCCCCCCCCCC. The minimum atomic E-state index is -0.852. The quantitative estimate of drug-likeness (QED) is 0.0321. The van der Waals surface area contributed by atoms with Gasteiger partial charge in [0.1, 0.15) is 0 Å². The Labute approximate surface area is 436 Å². The predicted molar refractivity (Wildman–Crippen MR) is 306 cm³/mol. The van der Waals surface area contributed by atoms with E-state index in [2.05, 4.69) is 43.5 Å². The highest BCUT2D eigenvalue weighted by molar-refractivity contribution is 5.76. The molecule has 0 aromatic heterocycles. The lowest BCUT2D eigenvalue weighted by Crippen LogP contribution is -2.45. The number of ether oxygens (including phenoxy) is 1. The van der Waals surface area contributed by atoms with Gasteiger partial charge < -0.3 is 20.3 Å². The molecule has 6 nitrogen and oxygen atoms in total. The number of esters is 1. The first-order chi connectivity index (χ1) is 34.5. The molecule has 0 spiro atoms. The second-order valence-electron chi connectivity index (χ2n) is 21.4. The Hall–Kier alpha value is -1.92. The summed E-state index contributed by atoms with van der Waals surface area (Å²) in [6, 6.07) is -0.636. The van der Waals surface area contributed by atoms with Crippen molar-refractivity contribution in [3.05, 3.63) is 36.5 Å². The van der Waals surface area contributed by atoms with Crippen LogP contribution in [0.5, 0.6) is 0 Å². The number of aliphatic hydroxyl groups is 2. The van der Waals surface area contributed by atoms with Gasteiger partial charge >= 0.3 is 5.97 Å². The second kappa shape index (κ2) is 59.6. The van der Waals surface area contributed by atoms with E-state index in [1.165, 1.54) is 257 Å². The lowest BCUT2D eigenvalue weighted by molar-refractivity contribution is -0.143. The van der Waals surface area contributed by atoms with Crippen LogP contribution in [0.4, 0.5) is 0 Å². The molecule has 0 rings (SSSR count). The van der Waals surface area contributed by atoms with Crippen molar-refractivity contribution in [3.63, 3.8) is 0 Å². The van der Waals surface area contributed by atoms with Gasteiger partial charge in [0, 0.05) is 12.8 Å². The first-order valence-corrected chi connectivity index (χ1v) is 31.3. The predicted octanol–water partition coefficient (Wildman–Crippen LogP) is 19.6. The normalized spacial score (nSPS) is 12.8. The molecule has 3 N–H and O–H groups in total. The number of rotatable bonds is 58. The van der Waals surface area contributed by atoms with Gasteiger partial charge in [-0.05, 0) is 83.5 Å². The molecule has 0 fully saturated rings. The summed E-state index contributed by atoms with van der Waals surface area (Å²) in [6.45, 7) is 4.90. The van der Waals surface area contributed by atoms with Crippen molar-refractivity contribution in [1.82, 2.24) is 5.32 Å². The summed E-state index contributed by atoms with van der Waals surface area (Å²) in [5.74, 6) is -0.0800. The summed E-state index contributed by atoms with van der Waals surface area (Å²) < 4.78 is 5.48. The molecular weight excluding hydrogens is 863 g/mol. The Morgan fingerprint density at radius 3 is 1.01 bits per heavy atom. The molecule has 6 heteroatoms. The number of carbonyl (C=O) groups is 2. The number of amides is 1. The summed E-state index contributed by atoms with van der Waals surface area (Å²) in [5, 5.41) is 23.2. The topological polar surface area (TPSA) is 95.9 Å². The number of unbranched alkanes of at least 4 members (excludes halogenated alkanes) is 43. The molecule has 1 amide bonds. The number of carbonyl (C=O) groups excluding carboxylic acids is 2. The molecule has 0 heterocycles. The van der Waals surface area contributed by atoms with E-state index < -0.39 is 12.1 Å². The summed E-state index contributed by atoms with van der Waals surface area (Å²) in [4.78, 5) is 24.5. The van der Waals surface area contributed by atoms with E-state index in [0.717, 1.165) is 51.4 Å². The third-order valence-electron chi connectivity index (χ3n) is 14.4. The molecule has 0 saturated carbocycles. The Kier molecular flexibility index (Phi) is 58.0. The van der Waals surface area contributed by atoms with Gasteiger partial charge in [-0.25, -0.2) is 0 Å². The molecule has 2 atom stereocenters. The molecule has 0 aliphatic carbocycles. The minimum absolute atomic E-state index is 0.00404. The van der Waals surface area contributed by atoms with Gasteiger partial charge in [-0.2, -0.15) is 0 Å². The van der Waals surface area contributed by atoms with Crippen molar-refractivity contribution in [1.29, 1.82) is 0 Å². The largest absolute Gasteiger partial charge is 0.466 e. The molecule has 0 aromatic carbocycles. The third-order valence-corrected chi connectivity index (χ3v) is 14.4. The van der Waals surface area contributed by atoms with Crippen molar-refractivity contribution < 1.29 is 24.5 Å². The molecule has 412 valence electrons. The van der Waals surface area contributed by atoms with E-state index in [1.807, 2.05) is 6.08 Å². The average Bonchev–Trinajstić information content (AvgIpc) is 3.36. The Balaban J connectivity index is 3.47. The van der Waals surface area contributed by atoms with Crippen molar-refractivity contribution >= 4 is 11.9 Å². The highest BCUT2D eigenvalue weighted by Gasteiger charge is 2.18. The van der Waals surface area contributed by atoms with Crippen LogP contribution < -0.4 is 5.32 Å².